The van der Waals surface area contributed by atoms with Gasteiger partial charge in [0.25, 0.3) is 5.69 Å². The molecule has 4 atom stereocenters. The van der Waals surface area contributed by atoms with E-state index in [1.807, 2.05) is 0 Å². The van der Waals surface area contributed by atoms with Gasteiger partial charge in [0, 0.05) is 26.8 Å². The number of aliphatic hydroxyl groups is 1. The zero-order valence-electron chi connectivity index (χ0n) is 19.7. The molecule has 1 aliphatic heterocycles. The van der Waals surface area contributed by atoms with Gasteiger partial charge in [-0.3, -0.25) is 10.1 Å². The van der Waals surface area contributed by atoms with Crippen LogP contribution in [0.15, 0.2) is 35.9 Å². The first-order valence-corrected chi connectivity index (χ1v) is 14.4. The fourth-order valence-electron chi connectivity index (χ4n) is 3.18. The van der Waals surface area contributed by atoms with Crippen molar-refractivity contribution in [3.63, 3.8) is 0 Å². The van der Waals surface area contributed by atoms with Crippen LogP contribution in [0.1, 0.15) is 12.5 Å². The first kappa shape index (κ1) is 27.1. The van der Waals surface area contributed by atoms with Crippen LogP contribution in [0.5, 0.6) is 0 Å². The number of carbonyl (C=O) groups is 1. The lowest BCUT2D eigenvalue weighted by Crippen LogP contribution is -2.52. The minimum Gasteiger partial charge on any atom is -0.466 e. The molecule has 0 bridgehead atoms. The Kier molecular flexibility index (Phi) is 10.1. The number of hydrogen-bond acceptors (Lipinski definition) is 9. The minimum absolute atomic E-state index is 0.0830. The van der Waals surface area contributed by atoms with Crippen molar-refractivity contribution in [1.82, 2.24) is 0 Å². The molecule has 1 heterocycles. The molecule has 2 rings (SSSR count). The Hall–Kier alpha value is -2.15. The molecule has 1 N–H and O–H groups in total. The Bertz CT molecular complexity index is 839. The zero-order chi connectivity index (χ0) is 24.6. The molecule has 33 heavy (non-hydrogen) atoms. The van der Waals surface area contributed by atoms with Gasteiger partial charge in [0.05, 0.1) is 30.3 Å². The second-order valence-corrected chi connectivity index (χ2v) is 14.5. The number of para-hydroxylation sites is 1. The maximum absolute atomic E-state index is 11.7. The number of ether oxygens (including phenoxy) is 5. The SMILES string of the molecule is COC(=O)/C=C1\[C@@H](C)O[C@@H](OCc2ccccc2[N+](=O)[O-])[C@H](OCOCC[Si](C)(C)C)[C@H]1O. The van der Waals surface area contributed by atoms with Crippen LogP contribution in [0, 0.1) is 10.1 Å². The van der Waals surface area contributed by atoms with E-state index < -0.39 is 43.6 Å². The third kappa shape index (κ3) is 8.29. The van der Waals surface area contributed by atoms with Crippen molar-refractivity contribution in [2.45, 2.75) is 63.8 Å². The van der Waals surface area contributed by atoms with Gasteiger partial charge in [-0.25, -0.2) is 4.79 Å². The molecule has 11 heteroatoms. The van der Waals surface area contributed by atoms with Gasteiger partial charge >= 0.3 is 5.97 Å². The summed E-state index contributed by atoms with van der Waals surface area (Å²) in [5.41, 5.74) is 0.550. The Balaban J connectivity index is 2.13. The molecule has 0 amide bonds. The number of methoxy groups -OCH3 is 1. The van der Waals surface area contributed by atoms with Gasteiger partial charge in [0.1, 0.15) is 19.0 Å². The summed E-state index contributed by atoms with van der Waals surface area (Å²) in [6.07, 6.45) is -2.82. The first-order chi connectivity index (χ1) is 15.5. The average Bonchev–Trinajstić information content (AvgIpc) is 2.75. The van der Waals surface area contributed by atoms with Crippen molar-refractivity contribution in [3.8, 4) is 0 Å². The number of carbonyl (C=O) groups excluding carboxylic acids is 1. The fourth-order valence-corrected chi connectivity index (χ4v) is 3.94. The number of aliphatic hydroxyl groups excluding tert-OH is 1. The van der Waals surface area contributed by atoms with Gasteiger partial charge in [-0.2, -0.15) is 0 Å². The molecule has 1 saturated heterocycles. The molecular formula is C22H33NO9Si. The van der Waals surface area contributed by atoms with E-state index in [2.05, 4.69) is 24.4 Å². The van der Waals surface area contributed by atoms with Crippen molar-refractivity contribution in [2.75, 3.05) is 20.5 Å². The molecule has 0 radical (unpaired) electrons. The monoisotopic (exact) mass is 483 g/mol. The summed E-state index contributed by atoms with van der Waals surface area (Å²) in [5.74, 6) is -0.635. The van der Waals surface area contributed by atoms with Crippen LogP contribution >= 0.6 is 0 Å². The molecule has 0 unspecified atom stereocenters. The van der Waals surface area contributed by atoms with Crippen LogP contribution in [-0.2, 0) is 35.1 Å². The number of nitro groups is 1. The smallest absolute Gasteiger partial charge is 0.330 e. The highest BCUT2D eigenvalue weighted by Crippen LogP contribution is 2.30. The lowest BCUT2D eigenvalue weighted by atomic mass is 9.95. The van der Waals surface area contributed by atoms with Crippen molar-refractivity contribution in [1.29, 1.82) is 0 Å². The fraction of sp³-hybridized carbons (Fsp3) is 0.591. The molecular weight excluding hydrogens is 450 g/mol. The van der Waals surface area contributed by atoms with Crippen molar-refractivity contribution >= 4 is 19.7 Å². The van der Waals surface area contributed by atoms with Crippen molar-refractivity contribution in [2.24, 2.45) is 0 Å². The summed E-state index contributed by atoms with van der Waals surface area (Å²) in [6, 6.07) is 7.15. The molecule has 0 spiro atoms. The van der Waals surface area contributed by atoms with Crippen LogP contribution < -0.4 is 0 Å². The van der Waals surface area contributed by atoms with Gasteiger partial charge in [-0.1, -0.05) is 31.8 Å². The van der Waals surface area contributed by atoms with E-state index in [1.54, 1.807) is 25.1 Å². The topological polar surface area (TPSA) is 127 Å². The number of rotatable bonds is 11. The van der Waals surface area contributed by atoms with Gasteiger partial charge < -0.3 is 28.8 Å². The molecule has 1 aromatic rings. The van der Waals surface area contributed by atoms with E-state index in [1.165, 1.54) is 13.2 Å². The highest BCUT2D eigenvalue weighted by Gasteiger charge is 2.42. The Labute approximate surface area is 194 Å². The highest BCUT2D eigenvalue weighted by molar-refractivity contribution is 6.76. The molecule has 10 nitrogen and oxygen atoms in total. The summed E-state index contributed by atoms with van der Waals surface area (Å²) >= 11 is 0. The number of benzene rings is 1. The summed E-state index contributed by atoms with van der Waals surface area (Å²) in [6.45, 7) is 8.62. The molecule has 1 aromatic carbocycles. The van der Waals surface area contributed by atoms with E-state index >= 15 is 0 Å². The van der Waals surface area contributed by atoms with E-state index in [-0.39, 0.29) is 24.7 Å². The summed E-state index contributed by atoms with van der Waals surface area (Å²) in [7, 11) is -0.0410. The quantitative estimate of drug-likeness (QED) is 0.0961. The van der Waals surface area contributed by atoms with Crippen molar-refractivity contribution in [3.05, 3.63) is 51.6 Å². The lowest BCUT2D eigenvalue weighted by Gasteiger charge is -2.39. The molecule has 1 aliphatic rings. The molecule has 0 aromatic heterocycles. The number of nitro benzene ring substituents is 1. The average molecular weight is 484 g/mol. The molecule has 1 fully saturated rings. The molecule has 0 saturated carbocycles. The largest absolute Gasteiger partial charge is 0.466 e. The van der Waals surface area contributed by atoms with E-state index in [0.29, 0.717) is 12.2 Å². The third-order valence-corrected chi connectivity index (χ3v) is 6.85. The van der Waals surface area contributed by atoms with Gasteiger partial charge in [0.2, 0.25) is 0 Å². The van der Waals surface area contributed by atoms with Gasteiger partial charge in [-0.15, -0.1) is 0 Å². The Morgan fingerprint density at radius 2 is 1.97 bits per heavy atom. The molecule has 0 aliphatic carbocycles. The summed E-state index contributed by atoms with van der Waals surface area (Å²) < 4.78 is 27.6. The second kappa shape index (κ2) is 12.3. The van der Waals surface area contributed by atoms with Gasteiger partial charge in [-0.05, 0) is 24.6 Å². The second-order valence-electron chi connectivity index (χ2n) is 8.92. The van der Waals surface area contributed by atoms with Crippen LogP contribution in [0.25, 0.3) is 0 Å². The summed E-state index contributed by atoms with van der Waals surface area (Å²) in [4.78, 5) is 22.5. The van der Waals surface area contributed by atoms with E-state index in [4.69, 9.17) is 18.9 Å². The maximum atomic E-state index is 11.7. The van der Waals surface area contributed by atoms with E-state index in [9.17, 15) is 20.0 Å². The number of esters is 1. The molecule has 184 valence electrons. The van der Waals surface area contributed by atoms with Crippen LogP contribution in [0.3, 0.4) is 0 Å². The van der Waals surface area contributed by atoms with Crippen LogP contribution in [-0.4, -0.2) is 69.2 Å². The first-order valence-electron chi connectivity index (χ1n) is 10.7. The Morgan fingerprint density at radius 3 is 2.61 bits per heavy atom. The standard InChI is InChI=1S/C22H33NO9Si/c1-15-17(12-19(24)28-2)20(25)21(31-14-29-10-11-33(3,4)5)22(32-15)30-13-16-8-6-7-9-18(16)23(26)27/h6-9,12,15,20-22,25H,10-11,13-14H2,1-5H3/b17-12+/t15-,20+,21-,22-/m1/s1. The van der Waals surface area contributed by atoms with Crippen molar-refractivity contribution < 1.29 is 38.5 Å². The minimum atomic E-state index is -1.28. The summed E-state index contributed by atoms with van der Waals surface area (Å²) in [5, 5.41) is 22.2. The highest BCUT2D eigenvalue weighted by atomic mass is 28.3. The maximum Gasteiger partial charge on any atom is 0.330 e. The van der Waals surface area contributed by atoms with Crippen LogP contribution in [0.2, 0.25) is 25.7 Å². The third-order valence-electron chi connectivity index (χ3n) is 5.15. The normalized spacial score (nSPS) is 24.6. The Morgan fingerprint density at radius 1 is 1.27 bits per heavy atom. The zero-order valence-corrected chi connectivity index (χ0v) is 20.7. The number of nitrogens with zero attached hydrogens (tertiary/aromatic N) is 1. The van der Waals surface area contributed by atoms with Gasteiger partial charge in [0.15, 0.2) is 6.29 Å². The predicted molar refractivity (Wildman–Crippen MR) is 122 cm³/mol. The number of hydrogen-bond donors (Lipinski definition) is 1. The lowest BCUT2D eigenvalue weighted by molar-refractivity contribution is -0.386. The van der Waals surface area contributed by atoms with Crippen LogP contribution in [0.4, 0.5) is 5.69 Å². The predicted octanol–water partition coefficient (Wildman–Crippen LogP) is 3.01. The van der Waals surface area contributed by atoms with E-state index in [0.717, 1.165) is 12.1 Å².